The molecule has 0 aromatic heterocycles. The van der Waals surface area contributed by atoms with Crippen LogP contribution in [0.2, 0.25) is 0 Å². The van der Waals surface area contributed by atoms with Gasteiger partial charge in [-0.2, -0.15) is 0 Å². The molecule has 13 heteroatoms. The summed E-state index contributed by atoms with van der Waals surface area (Å²) in [6.07, 6.45) is 6.64. The number of amides is 4. The number of esters is 2. The van der Waals surface area contributed by atoms with Gasteiger partial charge in [-0.15, -0.1) is 0 Å². The maximum atomic E-state index is 14.0. The van der Waals surface area contributed by atoms with Crippen molar-refractivity contribution < 1.29 is 43.0 Å². The van der Waals surface area contributed by atoms with Gasteiger partial charge in [0.2, 0.25) is 17.7 Å². The van der Waals surface area contributed by atoms with Gasteiger partial charge < -0.3 is 35.5 Å². The van der Waals surface area contributed by atoms with E-state index in [1.54, 1.807) is 27.7 Å². The monoisotopic (exact) mass is 728 g/mol. The van der Waals surface area contributed by atoms with Gasteiger partial charge in [0.15, 0.2) is 0 Å². The Morgan fingerprint density at radius 3 is 2.19 bits per heavy atom. The van der Waals surface area contributed by atoms with Gasteiger partial charge >= 0.3 is 18.0 Å². The van der Waals surface area contributed by atoms with E-state index in [0.717, 1.165) is 18.4 Å². The molecule has 4 amide bonds. The number of hydrogen-bond donors (Lipinski definition) is 4. The van der Waals surface area contributed by atoms with Crippen LogP contribution in [0.25, 0.3) is 0 Å². The summed E-state index contributed by atoms with van der Waals surface area (Å²) in [4.78, 5) is 77.3. The van der Waals surface area contributed by atoms with Crippen LogP contribution in [-0.4, -0.2) is 73.1 Å². The highest BCUT2D eigenvalue weighted by atomic mass is 16.6. The third-order valence-corrected chi connectivity index (χ3v) is 9.72. The van der Waals surface area contributed by atoms with Crippen LogP contribution in [0.1, 0.15) is 117 Å². The molecule has 0 bridgehead atoms. The summed E-state index contributed by atoms with van der Waals surface area (Å²) < 4.78 is 16.2. The number of ether oxygens (including phenoxy) is 3. The number of carbonyl (C=O) groups excluding carboxylic acids is 6. The summed E-state index contributed by atoms with van der Waals surface area (Å²) in [6, 6.07) is 8.43. The Hall–Kier alpha value is -4.16. The molecule has 0 saturated heterocycles. The Morgan fingerprint density at radius 2 is 1.58 bits per heavy atom. The Bertz CT molecular complexity index is 1330. The van der Waals surface area contributed by atoms with E-state index in [0.29, 0.717) is 70.9 Å². The molecule has 52 heavy (non-hydrogen) atoms. The lowest BCUT2D eigenvalue weighted by Gasteiger charge is -2.35. The number of benzene rings is 1. The maximum Gasteiger partial charge on any atom is 0.407 e. The van der Waals surface area contributed by atoms with Crippen LogP contribution in [0.4, 0.5) is 4.79 Å². The Morgan fingerprint density at radius 1 is 0.904 bits per heavy atom. The molecule has 1 aromatic rings. The van der Waals surface area contributed by atoms with Crippen molar-refractivity contribution >= 4 is 35.8 Å². The fourth-order valence-electron chi connectivity index (χ4n) is 7.04. The summed E-state index contributed by atoms with van der Waals surface area (Å²) in [5, 5.41) is 11.5. The molecule has 4 N–H and O–H groups in total. The molecule has 2 aliphatic rings. The minimum Gasteiger partial charge on any atom is -0.466 e. The van der Waals surface area contributed by atoms with Crippen molar-refractivity contribution in [3.63, 3.8) is 0 Å². The quantitative estimate of drug-likeness (QED) is 0.0935. The van der Waals surface area contributed by atoms with Crippen molar-refractivity contribution in [1.82, 2.24) is 21.3 Å². The average molecular weight is 729 g/mol. The van der Waals surface area contributed by atoms with Crippen molar-refractivity contribution in [1.29, 1.82) is 0 Å². The van der Waals surface area contributed by atoms with Gasteiger partial charge in [-0.05, 0) is 97.5 Å². The van der Waals surface area contributed by atoms with Crippen molar-refractivity contribution in [3.8, 4) is 0 Å². The fourth-order valence-corrected chi connectivity index (χ4v) is 7.04. The van der Waals surface area contributed by atoms with Crippen LogP contribution >= 0.6 is 0 Å². The summed E-state index contributed by atoms with van der Waals surface area (Å²) >= 11 is 0. The number of unbranched alkanes of at least 4 members (excludes halogenated alkanes) is 1. The van der Waals surface area contributed by atoms with Crippen LogP contribution in [0.5, 0.6) is 0 Å². The highest BCUT2D eigenvalue weighted by molar-refractivity contribution is 5.87. The van der Waals surface area contributed by atoms with E-state index in [4.69, 9.17) is 14.2 Å². The van der Waals surface area contributed by atoms with Crippen molar-refractivity contribution in [2.75, 3.05) is 19.7 Å². The number of hydrogen-bond acceptors (Lipinski definition) is 9. The summed E-state index contributed by atoms with van der Waals surface area (Å²) in [5.74, 6) is -2.54. The van der Waals surface area contributed by atoms with Gasteiger partial charge in [0.1, 0.15) is 18.2 Å². The number of carbonyl (C=O) groups is 6. The summed E-state index contributed by atoms with van der Waals surface area (Å²) in [7, 11) is 0. The van der Waals surface area contributed by atoms with E-state index in [9.17, 15) is 28.8 Å². The molecule has 1 aromatic carbocycles. The van der Waals surface area contributed by atoms with E-state index >= 15 is 0 Å². The SMILES string of the molecule is CCOC(=O)C1CCC(NC(=O)C2(CC(CNC(=O)[C@H](CCCCNC(=O)OCc3ccccc3)NC(C)=O)C(=O)OC(C)(C)C)CCCC2)CC1. The lowest BCUT2D eigenvalue weighted by Crippen LogP contribution is -2.50. The van der Waals surface area contributed by atoms with Crippen LogP contribution in [0.15, 0.2) is 30.3 Å². The van der Waals surface area contributed by atoms with Crippen molar-refractivity contribution in [2.24, 2.45) is 17.3 Å². The molecule has 0 heterocycles. The average Bonchev–Trinajstić information content (AvgIpc) is 3.58. The van der Waals surface area contributed by atoms with E-state index in [2.05, 4.69) is 21.3 Å². The first-order valence-corrected chi connectivity index (χ1v) is 18.9. The molecule has 0 spiro atoms. The van der Waals surface area contributed by atoms with Crippen LogP contribution < -0.4 is 21.3 Å². The molecule has 3 rings (SSSR count). The van der Waals surface area contributed by atoms with Crippen LogP contribution in [0.3, 0.4) is 0 Å². The third kappa shape index (κ3) is 14.5. The lowest BCUT2D eigenvalue weighted by atomic mass is 9.76. The number of alkyl carbamates (subject to hydrolysis) is 1. The summed E-state index contributed by atoms with van der Waals surface area (Å²) in [6.45, 7) is 9.23. The minimum absolute atomic E-state index is 0.0572. The molecule has 2 atom stereocenters. The van der Waals surface area contributed by atoms with Crippen molar-refractivity contribution in [2.45, 2.75) is 136 Å². The zero-order valence-electron chi connectivity index (χ0n) is 31.7. The molecule has 2 saturated carbocycles. The maximum absolute atomic E-state index is 14.0. The zero-order chi connectivity index (χ0) is 38.1. The molecular weight excluding hydrogens is 668 g/mol. The molecule has 2 fully saturated rings. The number of nitrogens with one attached hydrogen (secondary N) is 4. The highest BCUT2D eigenvalue weighted by Crippen LogP contribution is 2.44. The zero-order valence-corrected chi connectivity index (χ0v) is 31.7. The second-order valence-corrected chi connectivity index (χ2v) is 15.2. The van der Waals surface area contributed by atoms with Gasteiger partial charge in [0, 0.05) is 26.1 Å². The van der Waals surface area contributed by atoms with Crippen LogP contribution in [-0.2, 0) is 44.8 Å². The first kappa shape index (κ1) is 42.3. The predicted molar refractivity (Wildman–Crippen MR) is 194 cm³/mol. The third-order valence-electron chi connectivity index (χ3n) is 9.72. The predicted octanol–water partition coefficient (Wildman–Crippen LogP) is 4.85. The van der Waals surface area contributed by atoms with Gasteiger partial charge in [-0.3, -0.25) is 24.0 Å². The molecule has 0 aliphatic heterocycles. The standard InChI is InChI=1S/C39H60N4O9/c1-6-50-34(46)29-17-19-31(20-18-29)43-36(48)39(21-11-12-22-39)24-30(35(47)52-38(3,4)5)25-41-33(45)32(42-27(2)44)16-10-13-23-40-37(49)51-26-28-14-8-7-9-15-28/h7-9,14-15,29-32H,6,10-13,16-26H2,1-5H3,(H,40,49)(H,41,45)(H,42,44)(H,43,48)/t29?,30?,31?,32-/m0/s1. The fraction of sp³-hybridized carbons (Fsp3) is 0.692. The molecule has 0 radical (unpaired) electrons. The Kier molecular flexibility index (Phi) is 16.9. The van der Waals surface area contributed by atoms with E-state index < -0.39 is 40.9 Å². The highest BCUT2D eigenvalue weighted by Gasteiger charge is 2.46. The molecule has 290 valence electrons. The van der Waals surface area contributed by atoms with Crippen LogP contribution in [0, 0.1) is 17.3 Å². The largest absolute Gasteiger partial charge is 0.466 e. The second-order valence-electron chi connectivity index (χ2n) is 15.2. The smallest absolute Gasteiger partial charge is 0.407 e. The van der Waals surface area contributed by atoms with E-state index in [1.165, 1.54) is 6.92 Å². The molecule has 2 aliphatic carbocycles. The molecule has 1 unspecified atom stereocenters. The minimum atomic E-state index is -0.852. The van der Waals surface area contributed by atoms with Gasteiger partial charge in [-0.1, -0.05) is 43.2 Å². The molecule has 13 nitrogen and oxygen atoms in total. The second kappa shape index (κ2) is 20.8. The van der Waals surface area contributed by atoms with E-state index in [1.807, 2.05) is 30.3 Å². The first-order chi connectivity index (χ1) is 24.7. The Balaban J connectivity index is 1.57. The lowest BCUT2D eigenvalue weighted by molar-refractivity contribution is -0.161. The first-order valence-electron chi connectivity index (χ1n) is 18.9. The van der Waals surface area contributed by atoms with Gasteiger partial charge in [-0.25, -0.2) is 4.79 Å². The topological polar surface area (TPSA) is 178 Å². The van der Waals surface area contributed by atoms with E-state index in [-0.39, 0.29) is 49.3 Å². The van der Waals surface area contributed by atoms with Gasteiger partial charge in [0.05, 0.1) is 23.9 Å². The normalized spacial score (nSPS) is 19.3. The summed E-state index contributed by atoms with van der Waals surface area (Å²) in [5.41, 5.74) is -0.692. The van der Waals surface area contributed by atoms with Crippen molar-refractivity contribution in [3.05, 3.63) is 35.9 Å². The number of rotatable bonds is 18. The Labute approximate surface area is 308 Å². The molecular formula is C39H60N4O9. The van der Waals surface area contributed by atoms with Gasteiger partial charge in [0.25, 0.3) is 0 Å².